The molecule has 20 heavy (non-hydrogen) atoms. The van der Waals surface area contributed by atoms with Gasteiger partial charge in [-0.1, -0.05) is 12.0 Å². The summed E-state index contributed by atoms with van der Waals surface area (Å²) >= 11 is 0. The van der Waals surface area contributed by atoms with Crippen molar-refractivity contribution in [3.05, 3.63) is 24.3 Å². The number of hydrogen-bond donors (Lipinski definition) is 1. The molecule has 0 aliphatic carbocycles. The van der Waals surface area contributed by atoms with Crippen LogP contribution in [0.2, 0.25) is 0 Å². The summed E-state index contributed by atoms with van der Waals surface area (Å²) in [5.74, 6) is 3.95. The van der Waals surface area contributed by atoms with Crippen molar-refractivity contribution in [1.82, 2.24) is 4.90 Å². The van der Waals surface area contributed by atoms with E-state index in [0.717, 1.165) is 4.90 Å². The Morgan fingerprint density at radius 2 is 2.00 bits per heavy atom. The second-order valence-corrected chi connectivity index (χ2v) is 3.82. The van der Waals surface area contributed by atoms with Gasteiger partial charge in [-0.15, -0.1) is 0 Å². The quantitative estimate of drug-likeness (QED) is 0.831. The lowest BCUT2D eigenvalue weighted by Crippen LogP contribution is -2.34. The molecule has 0 spiro atoms. The van der Waals surface area contributed by atoms with Gasteiger partial charge in [0.1, 0.15) is 5.75 Å². The molecule has 1 N–H and O–H groups in total. The van der Waals surface area contributed by atoms with Crippen molar-refractivity contribution in [3.63, 3.8) is 0 Å². The first-order chi connectivity index (χ1) is 9.43. The van der Waals surface area contributed by atoms with Crippen LogP contribution in [0, 0.1) is 11.8 Å². The van der Waals surface area contributed by atoms with Crippen molar-refractivity contribution in [2.75, 3.05) is 12.4 Å². The van der Waals surface area contributed by atoms with E-state index in [2.05, 4.69) is 17.2 Å². The number of nitrogens with one attached hydrogen (secondary N) is 1. The van der Waals surface area contributed by atoms with Crippen molar-refractivity contribution < 1.29 is 19.1 Å². The van der Waals surface area contributed by atoms with Crippen LogP contribution in [0.5, 0.6) is 5.75 Å². The van der Waals surface area contributed by atoms with Crippen LogP contribution in [0.4, 0.5) is 10.5 Å². The first kappa shape index (κ1) is 15.2. The highest BCUT2D eigenvalue weighted by Crippen LogP contribution is 2.18. The molecule has 0 bridgehead atoms. The van der Waals surface area contributed by atoms with E-state index in [0.29, 0.717) is 5.69 Å². The summed E-state index contributed by atoms with van der Waals surface area (Å²) in [6.45, 7) is 2.86. The second kappa shape index (κ2) is 6.95. The first-order valence-corrected chi connectivity index (χ1v) is 5.74. The number of amides is 3. The molecule has 0 aliphatic heterocycles. The normalized spacial score (nSPS) is 8.95. The van der Waals surface area contributed by atoms with Gasteiger partial charge in [-0.25, -0.2) is 9.69 Å². The van der Waals surface area contributed by atoms with Crippen molar-refractivity contribution in [2.24, 2.45) is 0 Å². The predicted molar refractivity (Wildman–Crippen MR) is 73.0 cm³/mol. The molecule has 6 heteroatoms. The summed E-state index contributed by atoms with van der Waals surface area (Å²) in [4.78, 5) is 34.8. The maximum absolute atomic E-state index is 11.7. The van der Waals surface area contributed by atoms with E-state index in [1.54, 1.807) is 12.1 Å². The molecule has 0 saturated heterocycles. The molecule has 1 rings (SSSR count). The molecule has 0 heterocycles. The predicted octanol–water partition coefficient (Wildman–Crippen LogP) is 1.63. The van der Waals surface area contributed by atoms with Crippen LogP contribution in [-0.4, -0.2) is 29.9 Å². The number of benzene rings is 1. The molecular weight excluding hydrogens is 260 g/mol. The Morgan fingerprint density at radius 1 is 1.30 bits per heavy atom. The Bertz CT molecular complexity index is 599. The first-order valence-electron chi connectivity index (χ1n) is 5.74. The zero-order chi connectivity index (χ0) is 15.1. The molecule has 3 amide bonds. The number of imide groups is 1. The molecule has 6 nitrogen and oxygen atoms in total. The van der Waals surface area contributed by atoms with Gasteiger partial charge in [0.05, 0.1) is 0 Å². The smallest absolute Gasteiger partial charge is 0.410 e. The highest BCUT2D eigenvalue weighted by atomic mass is 16.6. The van der Waals surface area contributed by atoms with Crippen molar-refractivity contribution >= 4 is 23.6 Å². The molecular formula is C14H14N2O4. The molecule has 0 fully saturated rings. The van der Waals surface area contributed by atoms with E-state index in [9.17, 15) is 14.4 Å². The molecule has 1 aromatic rings. The monoisotopic (exact) mass is 274 g/mol. The zero-order valence-corrected chi connectivity index (χ0v) is 11.4. The summed E-state index contributed by atoms with van der Waals surface area (Å²) in [6.07, 6.45) is -0.849. The summed E-state index contributed by atoms with van der Waals surface area (Å²) in [6, 6.07) is 6.27. The SMILES string of the molecule is CC#CC(=O)N(C)C(=O)Oc1cccc(NC(C)=O)c1. The van der Waals surface area contributed by atoms with Gasteiger partial charge in [0, 0.05) is 25.7 Å². The molecule has 1 aromatic carbocycles. The molecule has 0 aliphatic rings. The minimum absolute atomic E-state index is 0.213. The Kier molecular flexibility index (Phi) is 5.30. The number of carbonyl (C=O) groups excluding carboxylic acids is 3. The third-order valence-electron chi connectivity index (χ3n) is 2.17. The van der Waals surface area contributed by atoms with Crippen LogP contribution in [0.25, 0.3) is 0 Å². The standard InChI is InChI=1S/C14H14N2O4/c1-4-6-13(18)16(3)14(19)20-12-8-5-7-11(9-12)15-10(2)17/h5,7-9H,1-3H3,(H,15,17). The van der Waals surface area contributed by atoms with Crippen LogP contribution in [0.1, 0.15) is 13.8 Å². The lowest BCUT2D eigenvalue weighted by molar-refractivity contribution is -0.122. The largest absolute Gasteiger partial charge is 0.422 e. The van der Waals surface area contributed by atoms with Crippen LogP contribution < -0.4 is 10.1 Å². The third-order valence-corrected chi connectivity index (χ3v) is 2.17. The lowest BCUT2D eigenvalue weighted by atomic mass is 10.3. The van der Waals surface area contributed by atoms with Gasteiger partial charge in [-0.2, -0.15) is 0 Å². The fourth-order valence-corrected chi connectivity index (χ4v) is 1.28. The van der Waals surface area contributed by atoms with Gasteiger partial charge >= 0.3 is 12.0 Å². The van der Waals surface area contributed by atoms with E-state index in [-0.39, 0.29) is 11.7 Å². The van der Waals surface area contributed by atoms with E-state index < -0.39 is 12.0 Å². The minimum atomic E-state index is -0.849. The zero-order valence-electron chi connectivity index (χ0n) is 11.4. The van der Waals surface area contributed by atoms with Crippen molar-refractivity contribution in [2.45, 2.75) is 13.8 Å². The highest BCUT2D eigenvalue weighted by Gasteiger charge is 2.17. The molecule has 0 unspecified atom stereocenters. The van der Waals surface area contributed by atoms with Gasteiger partial charge in [-0.3, -0.25) is 9.59 Å². The topological polar surface area (TPSA) is 75.7 Å². The number of rotatable bonds is 2. The average molecular weight is 274 g/mol. The fraction of sp³-hybridized carbons (Fsp3) is 0.214. The van der Waals surface area contributed by atoms with Gasteiger partial charge in [0.15, 0.2) is 0 Å². The third kappa shape index (κ3) is 4.46. The maximum Gasteiger partial charge on any atom is 0.422 e. The van der Waals surface area contributed by atoms with E-state index in [4.69, 9.17) is 4.74 Å². The molecule has 0 radical (unpaired) electrons. The number of carbonyl (C=O) groups is 3. The number of ether oxygens (including phenoxy) is 1. The average Bonchev–Trinajstić information content (AvgIpc) is 2.37. The van der Waals surface area contributed by atoms with Gasteiger partial charge < -0.3 is 10.1 Å². The van der Waals surface area contributed by atoms with E-state index >= 15 is 0 Å². The van der Waals surface area contributed by atoms with Crippen LogP contribution in [0.15, 0.2) is 24.3 Å². The van der Waals surface area contributed by atoms with E-state index in [1.807, 2.05) is 0 Å². The molecule has 104 valence electrons. The van der Waals surface area contributed by atoms with Crippen LogP contribution in [-0.2, 0) is 9.59 Å². The van der Waals surface area contributed by atoms with Gasteiger partial charge in [0.25, 0.3) is 0 Å². The minimum Gasteiger partial charge on any atom is -0.410 e. The lowest BCUT2D eigenvalue weighted by Gasteiger charge is -2.12. The number of hydrogen-bond acceptors (Lipinski definition) is 4. The fourth-order valence-electron chi connectivity index (χ4n) is 1.28. The Morgan fingerprint density at radius 3 is 2.60 bits per heavy atom. The molecule has 0 aromatic heterocycles. The van der Waals surface area contributed by atoms with Crippen molar-refractivity contribution in [3.8, 4) is 17.6 Å². The summed E-state index contributed by atoms with van der Waals surface area (Å²) in [5, 5.41) is 2.56. The summed E-state index contributed by atoms with van der Waals surface area (Å²) in [5.41, 5.74) is 0.491. The second-order valence-electron chi connectivity index (χ2n) is 3.82. The molecule has 0 saturated carbocycles. The van der Waals surface area contributed by atoms with E-state index in [1.165, 1.54) is 33.0 Å². The highest BCUT2D eigenvalue weighted by molar-refractivity contribution is 6.02. The van der Waals surface area contributed by atoms with Crippen molar-refractivity contribution in [1.29, 1.82) is 0 Å². The van der Waals surface area contributed by atoms with Gasteiger partial charge in [-0.05, 0) is 25.0 Å². The molecule has 0 atom stereocenters. The maximum atomic E-state index is 11.7. The van der Waals surface area contributed by atoms with Crippen LogP contribution in [0.3, 0.4) is 0 Å². The number of anilines is 1. The Hall–Kier alpha value is -2.81. The summed E-state index contributed by atoms with van der Waals surface area (Å²) < 4.78 is 5.01. The van der Waals surface area contributed by atoms with Crippen LogP contribution >= 0.6 is 0 Å². The number of nitrogens with zero attached hydrogens (tertiary/aromatic N) is 1. The Labute approximate surface area is 116 Å². The summed E-state index contributed by atoms with van der Waals surface area (Å²) in [7, 11) is 1.27. The van der Waals surface area contributed by atoms with Gasteiger partial charge in [0.2, 0.25) is 5.91 Å². The Balaban J connectivity index is 2.77.